The van der Waals surface area contributed by atoms with Gasteiger partial charge in [0.15, 0.2) is 0 Å². The van der Waals surface area contributed by atoms with Gasteiger partial charge in [0.05, 0.1) is 24.4 Å². The van der Waals surface area contributed by atoms with Gasteiger partial charge < -0.3 is 25.3 Å². The van der Waals surface area contributed by atoms with E-state index in [1.165, 1.54) is 19.2 Å². The Bertz CT molecular complexity index is 1640. The second-order valence-electron chi connectivity index (χ2n) is 8.61. The normalized spacial score (nSPS) is 18.7. The number of benzene rings is 3. The Morgan fingerprint density at radius 1 is 1.19 bits per heavy atom. The van der Waals surface area contributed by atoms with E-state index < -0.39 is 22.3 Å². The molecular formula is C28H23FN4O3. The van der Waals surface area contributed by atoms with E-state index in [1.807, 2.05) is 30.3 Å². The van der Waals surface area contributed by atoms with E-state index in [9.17, 15) is 15.3 Å². The summed E-state index contributed by atoms with van der Waals surface area (Å²) < 4.78 is 20.4. The lowest BCUT2D eigenvalue weighted by Crippen LogP contribution is -3.17. The number of nitrogens with one attached hydrogen (secondary N) is 3. The van der Waals surface area contributed by atoms with E-state index >= 15 is 4.39 Å². The molecule has 0 spiro atoms. The molecule has 0 fully saturated rings. The van der Waals surface area contributed by atoms with E-state index in [2.05, 4.69) is 10.3 Å². The summed E-state index contributed by atoms with van der Waals surface area (Å²) in [7, 11) is 1.52. The van der Waals surface area contributed by atoms with Crippen LogP contribution in [0.5, 0.6) is 5.75 Å². The fraction of sp³-hybridized carbons (Fsp3) is 0.143. The van der Waals surface area contributed by atoms with E-state index in [-0.39, 0.29) is 24.1 Å². The molecule has 0 bridgehead atoms. The van der Waals surface area contributed by atoms with Crippen molar-refractivity contribution in [1.82, 2.24) is 4.98 Å². The molecule has 1 aliphatic rings. The number of methoxy groups -OCH3 is 1. The second kappa shape index (κ2) is 9.30. The van der Waals surface area contributed by atoms with Crippen molar-refractivity contribution in [2.45, 2.75) is 18.4 Å². The first-order chi connectivity index (χ1) is 17.5. The van der Waals surface area contributed by atoms with E-state index in [0.29, 0.717) is 21.9 Å². The van der Waals surface area contributed by atoms with Crippen LogP contribution in [0.1, 0.15) is 18.4 Å². The van der Waals surface area contributed by atoms with Crippen LogP contribution in [0.3, 0.4) is 0 Å². The third-order valence-corrected chi connectivity index (χ3v) is 6.58. The number of anilines is 1. The maximum Gasteiger partial charge on any atom is 0.290 e. The predicted molar refractivity (Wildman–Crippen MR) is 134 cm³/mol. The van der Waals surface area contributed by atoms with Crippen molar-refractivity contribution >= 4 is 34.3 Å². The summed E-state index contributed by atoms with van der Waals surface area (Å²) in [6.45, 7) is 0. The number of rotatable bonds is 6. The minimum atomic E-state index is -1.73. The van der Waals surface area contributed by atoms with E-state index in [1.54, 1.807) is 42.6 Å². The van der Waals surface area contributed by atoms with Crippen molar-refractivity contribution < 1.29 is 19.0 Å². The number of ether oxygens (including phenoxy) is 1. The number of aromatic amines is 1. The molecule has 1 aliphatic heterocycles. The number of hydrogen-bond donors (Lipinski definition) is 3. The Morgan fingerprint density at radius 2 is 1.97 bits per heavy atom. The molecule has 8 heteroatoms. The molecule has 5 rings (SSSR count). The lowest BCUT2D eigenvalue weighted by molar-refractivity contribution is -0.809. The van der Waals surface area contributed by atoms with Gasteiger partial charge in [0, 0.05) is 35.2 Å². The molecule has 0 saturated heterocycles. The molecule has 1 amide bonds. The third-order valence-electron chi connectivity index (χ3n) is 6.58. The van der Waals surface area contributed by atoms with Gasteiger partial charge in [-0.3, -0.25) is 4.79 Å². The molecular weight excluding hydrogens is 459 g/mol. The lowest BCUT2D eigenvalue weighted by Gasteiger charge is -2.42. The highest BCUT2D eigenvalue weighted by atomic mass is 19.1. The zero-order chi connectivity index (χ0) is 25.3. The van der Waals surface area contributed by atoms with Crippen molar-refractivity contribution in [3.63, 3.8) is 0 Å². The molecule has 2 heterocycles. The summed E-state index contributed by atoms with van der Waals surface area (Å²) in [5.41, 5.74) is -0.197. The Labute approximate surface area is 206 Å². The quantitative estimate of drug-likeness (QED) is 0.367. The molecule has 1 aromatic heterocycles. The van der Waals surface area contributed by atoms with Crippen molar-refractivity contribution in [3.05, 3.63) is 100.0 Å². The van der Waals surface area contributed by atoms with Gasteiger partial charge in [0.1, 0.15) is 17.3 Å². The molecule has 3 aromatic carbocycles. The molecule has 2 unspecified atom stereocenters. The van der Waals surface area contributed by atoms with Crippen LogP contribution in [-0.2, 0) is 4.79 Å². The minimum absolute atomic E-state index is 0.0482. The fourth-order valence-electron chi connectivity index (χ4n) is 4.75. The van der Waals surface area contributed by atoms with Crippen LogP contribution >= 0.6 is 0 Å². The Hall–Kier alpha value is -4.45. The molecule has 0 aliphatic carbocycles. The number of H-pyrrole nitrogens is 1. The monoisotopic (exact) mass is 482 g/mol. The molecule has 4 aromatic rings. The van der Waals surface area contributed by atoms with Crippen molar-refractivity contribution in [2.24, 2.45) is 0 Å². The number of hydroxylamine groups is 2. The number of para-hydroxylation sites is 1. The van der Waals surface area contributed by atoms with Crippen LogP contribution in [0.4, 0.5) is 10.1 Å². The highest BCUT2D eigenvalue weighted by molar-refractivity contribution is 6.07. The zero-order valence-electron chi connectivity index (χ0n) is 19.5. The van der Waals surface area contributed by atoms with E-state index in [0.717, 1.165) is 10.9 Å². The van der Waals surface area contributed by atoms with Gasteiger partial charge in [-0.05, 0) is 47.7 Å². The first-order valence-electron chi connectivity index (χ1n) is 11.4. The molecule has 36 heavy (non-hydrogen) atoms. The van der Waals surface area contributed by atoms with Crippen LogP contribution in [0.15, 0.2) is 72.9 Å². The number of carbonyl (C=O) groups excluding carboxylic acids is 1. The molecule has 7 nitrogen and oxygen atoms in total. The minimum Gasteiger partial charge on any atom is -0.628 e. The lowest BCUT2D eigenvalue weighted by atomic mass is 9.85. The average Bonchev–Trinajstić information content (AvgIpc) is 3.30. The van der Waals surface area contributed by atoms with Crippen LogP contribution in [0, 0.1) is 22.4 Å². The van der Waals surface area contributed by atoms with Gasteiger partial charge >= 0.3 is 0 Å². The highest BCUT2D eigenvalue weighted by Gasteiger charge is 2.47. The molecule has 2 atom stereocenters. The summed E-state index contributed by atoms with van der Waals surface area (Å²) in [5.74, 6) is -0.635. The number of carbonyl (C=O) groups is 1. The first kappa shape index (κ1) is 23.3. The Balaban J connectivity index is 1.73. The zero-order valence-corrected chi connectivity index (χ0v) is 19.5. The number of quaternary nitrogens is 1. The summed E-state index contributed by atoms with van der Waals surface area (Å²) in [4.78, 5) is 17.1. The van der Waals surface area contributed by atoms with Crippen LogP contribution in [-0.4, -0.2) is 23.5 Å². The number of hydrogen-bond acceptors (Lipinski definition) is 4. The topological polar surface area (TPSA) is 105 Å². The van der Waals surface area contributed by atoms with Crippen LogP contribution < -0.4 is 25.6 Å². The number of nitrogens with zero attached hydrogens (tertiary/aromatic N) is 1. The summed E-state index contributed by atoms with van der Waals surface area (Å²) >= 11 is 0. The van der Waals surface area contributed by atoms with Gasteiger partial charge in [-0.2, -0.15) is 5.26 Å². The van der Waals surface area contributed by atoms with Gasteiger partial charge in [0.25, 0.3) is 5.91 Å². The van der Waals surface area contributed by atoms with Crippen molar-refractivity contribution in [2.75, 3.05) is 12.4 Å². The summed E-state index contributed by atoms with van der Waals surface area (Å²) in [5, 5.41) is 27.8. The van der Waals surface area contributed by atoms with Gasteiger partial charge in [-0.1, -0.05) is 30.3 Å². The summed E-state index contributed by atoms with van der Waals surface area (Å²) in [6.07, 6.45) is 3.13. The molecule has 0 radical (unpaired) electrons. The van der Waals surface area contributed by atoms with Crippen LogP contribution in [0.2, 0.25) is 0 Å². The number of fused-ring (bicyclic) bond motifs is 2. The number of amides is 1. The standard InChI is InChI=1S/C28H23FN4O3/c1-36-19-11-12-20-18(15-19)16-28(13-6-14-30,33(35)26(20)21-7-2-4-9-23(21)29)27(34)32-25-17-31-24-10-5-3-8-22(24)25/h2-5,7-12,15-17,31,33H,6,13H2,1H3,(H,32,34). The summed E-state index contributed by atoms with van der Waals surface area (Å²) in [6, 6.07) is 20.6. The fourth-order valence-corrected chi connectivity index (χ4v) is 4.75. The number of halogens is 1. The molecule has 180 valence electrons. The van der Waals surface area contributed by atoms with Crippen molar-refractivity contribution in [1.29, 1.82) is 5.26 Å². The second-order valence-corrected chi connectivity index (χ2v) is 8.61. The Morgan fingerprint density at radius 3 is 2.75 bits per heavy atom. The average molecular weight is 483 g/mol. The van der Waals surface area contributed by atoms with Gasteiger partial charge in [-0.25, -0.2) is 4.39 Å². The number of nitriles is 1. The maximum absolute atomic E-state index is 15.0. The molecule has 0 saturated carbocycles. The van der Waals surface area contributed by atoms with Gasteiger partial charge in [-0.15, -0.1) is 0 Å². The Kier molecular flexibility index (Phi) is 6.02. The maximum atomic E-state index is 15.0. The highest BCUT2D eigenvalue weighted by Crippen LogP contribution is 2.26. The smallest absolute Gasteiger partial charge is 0.290 e. The van der Waals surface area contributed by atoms with Crippen LogP contribution in [0.25, 0.3) is 22.7 Å². The third kappa shape index (κ3) is 3.81. The van der Waals surface area contributed by atoms with E-state index in [4.69, 9.17) is 4.74 Å². The SMILES string of the molecule is COc1ccc2c(c1)=CC(CCC#N)(C(=O)Nc1c[nH]c3ccccc13)[NH+]([O-])C=2c1ccccc1F. The largest absolute Gasteiger partial charge is 0.628 e. The number of aromatic nitrogens is 1. The van der Waals surface area contributed by atoms with Gasteiger partial charge in [0.2, 0.25) is 5.54 Å². The van der Waals surface area contributed by atoms with Crippen molar-refractivity contribution in [3.8, 4) is 11.8 Å². The first-order valence-corrected chi connectivity index (χ1v) is 11.4. The predicted octanol–water partition coefficient (Wildman–Crippen LogP) is 2.33. The molecule has 3 N–H and O–H groups in total.